The van der Waals surface area contributed by atoms with E-state index < -0.39 is 0 Å². The van der Waals surface area contributed by atoms with Crippen molar-refractivity contribution in [1.29, 1.82) is 0 Å². The van der Waals surface area contributed by atoms with Crippen LogP contribution in [0.25, 0.3) is 0 Å². The maximum Gasteiger partial charge on any atom is 0.249 e. The molecular weight excluding hydrogens is 316 g/mol. The van der Waals surface area contributed by atoms with E-state index in [1.807, 2.05) is 54.6 Å². The van der Waals surface area contributed by atoms with Gasteiger partial charge in [0.05, 0.1) is 18.7 Å². The smallest absolute Gasteiger partial charge is 0.249 e. The summed E-state index contributed by atoms with van der Waals surface area (Å²) in [5.74, 6) is 0.0413. The molecule has 0 N–H and O–H groups in total. The van der Waals surface area contributed by atoms with E-state index in [0.29, 0.717) is 13.0 Å². The molecule has 0 saturated heterocycles. The molecular formula is C16H13BrN2O. The first-order valence-electron chi connectivity index (χ1n) is 6.41. The molecule has 0 spiro atoms. The van der Waals surface area contributed by atoms with Gasteiger partial charge < -0.3 is 0 Å². The molecule has 1 aliphatic rings. The third kappa shape index (κ3) is 2.65. The lowest BCUT2D eigenvalue weighted by atomic mass is 10.1. The fraction of sp³-hybridized carbons (Fsp3) is 0.125. The van der Waals surface area contributed by atoms with Crippen molar-refractivity contribution in [1.82, 2.24) is 5.01 Å². The molecule has 3 nitrogen and oxygen atoms in total. The van der Waals surface area contributed by atoms with Crippen molar-refractivity contribution >= 4 is 27.5 Å². The average molecular weight is 329 g/mol. The number of hydrogen-bond donors (Lipinski definition) is 0. The molecule has 3 rings (SSSR count). The summed E-state index contributed by atoms with van der Waals surface area (Å²) in [6.07, 6.45) is 0.370. The zero-order chi connectivity index (χ0) is 13.9. The number of carbonyl (C=O) groups is 1. The van der Waals surface area contributed by atoms with E-state index >= 15 is 0 Å². The van der Waals surface area contributed by atoms with Crippen LogP contribution in [0.1, 0.15) is 17.5 Å². The molecule has 0 radical (unpaired) electrons. The van der Waals surface area contributed by atoms with Crippen LogP contribution in [0.15, 0.2) is 64.2 Å². The van der Waals surface area contributed by atoms with Gasteiger partial charge in [0.25, 0.3) is 0 Å². The Hall–Kier alpha value is -1.94. The van der Waals surface area contributed by atoms with Gasteiger partial charge >= 0.3 is 0 Å². The van der Waals surface area contributed by atoms with Gasteiger partial charge in [0.2, 0.25) is 5.91 Å². The molecule has 4 heteroatoms. The van der Waals surface area contributed by atoms with E-state index in [0.717, 1.165) is 21.3 Å². The van der Waals surface area contributed by atoms with Crippen molar-refractivity contribution in [3.05, 3.63) is 70.2 Å². The zero-order valence-corrected chi connectivity index (χ0v) is 12.4. The van der Waals surface area contributed by atoms with Gasteiger partial charge in [0.15, 0.2) is 0 Å². The SMILES string of the molecule is O=C1CC(c2ccccc2)=NN1Cc1ccccc1Br. The third-order valence-electron chi connectivity index (χ3n) is 3.23. The monoisotopic (exact) mass is 328 g/mol. The van der Waals surface area contributed by atoms with Crippen LogP contribution in [0.2, 0.25) is 0 Å². The first kappa shape index (κ1) is 13.1. The van der Waals surface area contributed by atoms with E-state index in [1.54, 1.807) is 5.01 Å². The van der Waals surface area contributed by atoms with Gasteiger partial charge in [-0.05, 0) is 17.2 Å². The lowest BCUT2D eigenvalue weighted by molar-refractivity contribution is -0.129. The van der Waals surface area contributed by atoms with Gasteiger partial charge in [0, 0.05) is 4.47 Å². The van der Waals surface area contributed by atoms with Crippen LogP contribution in [-0.4, -0.2) is 16.6 Å². The Balaban J connectivity index is 1.83. The second-order valence-corrected chi connectivity index (χ2v) is 5.49. The number of rotatable bonds is 3. The van der Waals surface area contributed by atoms with Crippen LogP contribution in [0, 0.1) is 0 Å². The lowest BCUT2D eigenvalue weighted by Crippen LogP contribution is -2.20. The van der Waals surface area contributed by atoms with Crippen molar-refractivity contribution in [3.63, 3.8) is 0 Å². The average Bonchev–Trinajstić information content (AvgIpc) is 2.84. The van der Waals surface area contributed by atoms with Crippen LogP contribution >= 0.6 is 15.9 Å². The Kier molecular flexibility index (Phi) is 3.65. The number of hydrazone groups is 1. The highest BCUT2D eigenvalue weighted by Gasteiger charge is 2.25. The first-order chi connectivity index (χ1) is 9.74. The normalized spacial score (nSPS) is 14.6. The van der Waals surface area contributed by atoms with Gasteiger partial charge in [-0.1, -0.05) is 64.5 Å². The predicted molar refractivity (Wildman–Crippen MR) is 82.3 cm³/mol. The van der Waals surface area contributed by atoms with Crippen molar-refractivity contribution in [2.24, 2.45) is 5.10 Å². The Morgan fingerprint density at radius 3 is 2.50 bits per heavy atom. The second-order valence-electron chi connectivity index (χ2n) is 4.63. The lowest BCUT2D eigenvalue weighted by Gasteiger charge is -2.12. The minimum Gasteiger partial charge on any atom is -0.272 e. The Bertz CT molecular complexity index is 667. The maximum absolute atomic E-state index is 12.1. The summed E-state index contributed by atoms with van der Waals surface area (Å²) >= 11 is 3.50. The number of amides is 1. The van der Waals surface area contributed by atoms with Crippen LogP contribution in [0.3, 0.4) is 0 Å². The summed E-state index contributed by atoms with van der Waals surface area (Å²) in [4.78, 5) is 12.1. The van der Waals surface area contributed by atoms with Crippen molar-refractivity contribution in [2.75, 3.05) is 0 Å². The standard InChI is InChI=1S/C16H13BrN2O/c17-14-9-5-4-8-13(14)11-19-16(20)10-15(18-19)12-6-2-1-3-7-12/h1-9H,10-11H2. The summed E-state index contributed by atoms with van der Waals surface area (Å²) in [5.41, 5.74) is 2.90. The largest absolute Gasteiger partial charge is 0.272 e. The van der Waals surface area contributed by atoms with Gasteiger partial charge in [-0.3, -0.25) is 4.79 Å². The highest BCUT2D eigenvalue weighted by Crippen LogP contribution is 2.22. The number of halogens is 1. The van der Waals surface area contributed by atoms with Gasteiger partial charge in [0.1, 0.15) is 0 Å². The maximum atomic E-state index is 12.1. The Morgan fingerprint density at radius 2 is 1.75 bits per heavy atom. The summed E-state index contributed by atoms with van der Waals surface area (Å²) in [6, 6.07) is 17.7. The van der Waals surface area contributed by atoms with Crippen LogP contribution in [0.4, 0.5) is 0 Å². The minimum atomic E-state index is 0.0413. The molecule has 0 aromatic heterocycles. The fourth-order valence-electron chi connectivity index (χ4n) is 2.17. The van der Waals surface area contributed by atoms with Crippen molar-refractivity contribution < 1.29 is 4.79 Å². The van der Waals surface area contributed by atoms with Crippen LogP contribution in [-0.2, 0) is 11.3 Å². The quantitative estimate of drug-likeness (QED) is 0.847. The molecule has 2 aromatic rings. The van der Waals surface area contributed by atoms with E-state index in [-0.39, 0.29) is 5.91 Å². The van der Waals surface area contributed by atoms with Crippen LogP contribution < -0.4 is 0 Å². The van der Waals surface area contributed by atoms with Crippen molar-refractivity contribution in [3.8, 4) is 0 Å². The third-order valence-corrected chi connectivity index (χ3v) is 4.01. The summed E-state index contributed by atoms with van der Waals surface area (Å²) in [5, 5.41) is 6.00. The minimum absolute atomic E-state index is 0.0413. The molecule has 1 aliphatic heterocycles. The fourth-order valence-corrected chi connectivity index (χ4v) is 2.58. The molecule has 0 atom stereocenters. The molecule has 0 saturated carbocycles. The molecule has 0 fully saturated rings. The van der Waals surface area contributed by atoms with E-state index in [4.69, 9.17) is 0 Å². The van der Waals surface area contributed by atoms with E-state index in [9.17, 15) is 4.79 Å². The van der Waals surface area contributed by atoms with Gasteiger partial charge in [-0.2, -0.15) is 5.10 Å². The Labute approximate surface area is 126 Å². The molecule has 1 amide bonds. The molecule has 20 heavy (non-hydrogen) atoms. The number of nitrogens with zero attached hydrogens (tertiary/aromatic N) is 2. The first-order valence-corrected chi connectivity index (χ1v) is 7.20. The van der Waals surface area contributed by atoms with Gasteiger partial charge in [-0.25, -0.2) is 5.01 Å². The zero-order valence-electron chi connectivity index (χ0n) is 10.8. The summed E-state index contributed by atoms with van der Waals surface area (Å²) in [6.45, 7) is 0.497. The molecule has 2 aromatic carbocycles. The molecule has 0 aliphatic carbocycles. The van der Waals surface area contributed by atoms with Crippen molar-refractivity contribution in [2.45, 2.75) is 13.0 Å². The number of hydrogen-bond acceptors (Lipinski definition) is 2. The molecule has 100 valence electrons. The predicted octanol–water partition coefficient (Wildman–Crippen LogP) is 3.59. The van der Waals surface area contributed by atoms with Crippen LogP contribution in [0.5, 0.6) is 0 Å². The molecule has 0 unspecified atom stereocenters. The second kappa shape index (κ2) is 5.59. The Morgan fingerprint density at radius 1 is 1.05 bits per heavy atom. The van der Waals surface area contributed by atoms with E-state index in [1.165, 1.54) is 0 Å². The highest BCUT2D eigenvalue weighted by atomic mass is 79.9. The molecule has 0 bridgehead atoms. The van der Waals surface area contributed by atoms with E-state index in [2.05, 4.69) is 21.0 Å². The summed E-state index contributed by atoms with van der Waals surface area (Å²) in [7, 11) is 0. The number of carbonyl (C=O) groups excluding carboxylic acids is 1. The summed E-state index contributed by atoms with van der Waals surface area (Å²) < 4.78 is 0.996. The van der Waals surface area contributed by atoms with Gasteiger partial charge in [-0.15, -0.1) is 0 Å². The molecule has 1 heterocycles. The number of benzene rings is 2. The highest BCUT2D eigenvalue weighted by molar-refractivity contribution is 9.10. The topological polar surface area (TPSA) is 32.7 Å².